The van der Waals surface area contributed by atoms with Crippen LogP contribution in [0, 0.1) is 0 Å². The number of benzene rings is 1. The molecule has 4 aromatic rings. The van der Waals surface area contributed by atoms with Crippen LogP contribution >= 0.6 is 34.4 Å². The zero-order valence-electron chi connectivity index (χ0n) is 14.2. The number of nitrogens with zero attached hydrogens (tertiary/aromatic N) is 2. The molecule has 3 aromatic heterocycles. The average Bonchev–Trinajstić information content (AvgIpc) is 3.32. The highest BCUT2D eigenvalue weighted by Gasteiger charge is 2.14. The molecule has 0 fully saturated rings. The van der Waals surface area contributed by atoms with Crippen molar-refractivity contribution >= 4 is 59.6 Å². The molecule has 1 aromatic carbocycles. The first-order valence-corrected chi connectivity index (χ1v) is 9.15. The minimum absolute atomic E-state index is 0.726. The zero-order chi connectivity index (χ0) is 18.7. The second kappa shape index (κ2) is 7.80. The Balaban J connectivity index is 0.000000349. The largest absolute Gasteiger partial charge is 0.406 e. The molecule has 0 aliphatic heterocycles. The molecule has 0 saturated heterocycles. The number of aliphatic hydroxyl groups is 1. The summed E-state index contributed by atoms with van der Waals surface area (Å²) in [5.41, 5.74) is 3.99. The van der Waals surface area contributed by atoms with Gasteiger partial charge in [-0.25, -0.2) is 0 Å². The first kappa shape index (κ1) is 14.5. The molecule has 3 heterocycles. The molecule has 118 valence electrons. The van der Waals surface area contributed by atoms with Crippen molar-refractivity contribution in [2.45, 2.75) is 0 Å². The summed E-state index contributed by atoms with van der Waals surface area (Å²) in [4.78, 5) is 13.8. The van der Waals surface area contributed by atoms with Gasteiger partial charge >= 0.3 is 0 Å². The molecular formula is C16H11BN2O2S3. The highest BCUT2D eigenvalue weighted by molar-refractivity contribution is 7.17. The molecule has 0 unspecified atom stereocenters. The number of aldehydes is 1. The summed E-state index contributed by atoms with van der Waals surface area (Å²) in [6.45, 7) is -2.50. The molecule has 0 spiro atoms. The Kier molecular flexibility index (Phi) is 4.71. The lowest BCUT2D eigenvalue weighted by Gasteiger charge is -2.03. The van der Waals surface area contributed by atoms with E-state index in [-0.39, 0.29) is 0 Å². The molecule has 0 aliphatic carbocycles. The predicted molar refractivity (Wildman–Crippen MR) is 102 cm³/mol. The van der Waals surface area contributed by atoms with Crippen molar-refractivity contribution in [3.8, 4) is 20.9 Å². The van der Waals surface area contributed by atoms with E-state index in [0.29, 0.717) is 0 Å². The molecule has 8 heteroatoms. The Labute approximate surface area is 155 Å². The Morgan fingerprint density at radius 1 is 1.12 bits per heavy atom. The summed E-state index contributed by atoms with van der Waals surface area (Å²) >= 11 is 4.40. The molecule has 0 aliphatic rings. The third-order valence-corrected chi connectivity index (χ3v) is 5.69. The van der Waals surface area contributed by atoms with E-state index in [4.69, 9.17) is 7.85 Å². The van der Waals surface area contributed by atoms with E-state index >= 15 is 0 Å². The van der Waals surface area contributed by atoms with Gasteiger partial charge in [-0.15, -0.1) is 22.7 Å². The molecule has 0 bridgehead atoms. The first-order valence-electron chi connectivity index (χ1n) is 7.72. The normalized spacial score (nSPS) is 12.2. The van der Waals surface area contributed by atoms with Gasteiger partial charge in [0, 0.05) is 30.1 Å². The van der Waals surface area contributed by atoms with Crippen LogP contribution in [0.1, 0.15) is 12.4 Å². The number of fused-ring (bicyclic) bond motifs is 1. The highest BCUT2D eigenvalue weighted by Crippen LogP contribution is 2.38. The molecule has 4 rings (SSSR count). The van der Waals surface area contributed by atoms with E-state index in [1.165, 1.54) is 27.9 Å². The van der Waals surface area contributed by atoms with Crippen molar-refractivity contribution in [1.29, 1.82) is 0 Å². The van der Waals surface area contributed by atoms with E-state index in [0.717, 1.165) is 38.2 Å². The van der Waals surface area contributed by atoms with Crippen molar-refractivity contribution in [3.63, 3.8) is 0 Å². The van der Waals surface area contributed by atoms with Gasteiger partial charge in [0.15, 0.2) is 6.29 Å². The van der Waals surface area contributed by atoms with Gasteiger partial charge in [-0.3, -0.25) is 4.79 Å². The quantitative estimate of drug-likeness (QED) is 0.434. The molecule has 24 heavy (non-hydrogen) atoms. The maximum atomic E-state index is 10.9. The summed E-state index contributed by atoms with van der Waals surface area (Å²) in [6, 6.07) is 12.1. The summed E-state index contributed by atoms with van der Waals surface area (Å²) in [7, 11) is 4.24. The van der Waals surface area contributed by atoms with Crippen molar-refractivity contribution in [3.05, 3.63) is 46.7 Å². The van der Waals surface area contributed by atoms with Crippen molar-refractivity contribution in [2.24, 2.45) is 0 Å². The maximum Gasteiger partial charge on any atom is 0.160 e. The predicted octanol–water partition coefficient (Wildman–Crippen LogP) is 4.07. The van der Waals surface area contributed by atoms with Crippen LogP contribution in [0.15, 0.2) is 41.8 Å². The minimum atomic E-state index is -2.50. The van der Waals surface area contributed by atoms with E-state index in [1.807, 2.05) is 18.2 Å². The Bertz CT molecular complexity index is 1020. The van der Waals surface area contributed by atoms with Gasteiger partial charge in [0.2, 0.25) is 0 Å². The Morgan fingerprint density at radius 3 is 2.33 bits per heavy atom. The number of hydrogen-bond donors (Lipinski definition) is 1. The fourth-order valence-corrected chi connectivity index (χ4v) is 4.43. The molecule has 2 radical (unpaired) electrons. The average molecular weight is 374 g/mol. The molecule has 0 atom stereocenters. The number of aromatic nitrogens is 2. The van der Waals surface area contributed by atoms with E-state index in [2.05, 4.69) is 40.2 Å². The van der Waals surface area contributed by atoms with Gasteiger partial charge in [0.1, 0.15) is 18.9 Å². The van der Waals surface area contributed by atoms with Crippen LogP contribution < -0.4 is 0 Å². The van der Waals surface area contributed by atoms with Crippen molar-refractivity contribution < 1.29 is 12.6 Å². The van der Waals surface area contributed by atoms with E-state index in [9.17, 15) is 4.79 Å². The van der Waals surface area contributed by atoms with Crippen LogP contribution in [0.3, 0.4) is 0 Å². The van der Waals surface area contributed by atoms with Gasteiger partial charge in [0.25, 0.3) is 0 Å². The molecular weight excluding hydrogens is 359 g/mol. The molecule has 1 N–H and O–H groups in total. The van der Waals surface area contributed by atoms with E-state index < -0.39 is 6.46 Å². The van der Waals surface area contributed by atoms with Gasteiger partial charge < -0.3 is 5.11 Å². The Hall–Kier alpha value is -1.87. The van der Waals surface area contributed by atoms with Crippen LogP contribution in [0.2, 0.25) is 0 Å². The molecule has 0 saturated carbocycles. The second-order valence-corrected chi connectivity index (χ2v) is 7.14. The lowest BCUT2D eigenvalue weighted by molar-refractivity contribution is 0.112. The summed E-state index contributed by atoms with van der Waals surface area (Å²) in [5, 5.41) is 9.69. The van der Waals surface area contributed by atoms with Crippen LogP contribution in [0.5, 0.6) is 0 Å². The lowest BCUT2D eigenvalue weighted by Crippen LogP contribution is -1.81. The van der Waals surface area contributed by atoms with Crippen molar-refractivity contribution in [2.75, 3.05) is 6.46 Å². The standard InChI is InChI=1S/C15H8N2OS3.CH3BO/c18-8-9-3-6-13(20-9)11-5-4-10(12-2-1-7-19-12)14-15(11)17-21-16-14;2-1-3/h1-8H;3H,1H2/i;1T2. The third kappa shape index (κ3) is 3.32. The smallest absolute Gasteiger partial charge is 0.160 e. The number of hydrogen-bond acceptors (Lipinski definition) is 7. The summed E-state index contributed by atoms with van der Waals surface area (Å²) in [5.74, 6) is 0. The molecule has 0 amide bonds. The SMILES string of the molecule is O=Cc1ccc(-c2ccc(-c3cccs3)c3nsnc23)s1.[3H]C([3H])([B])O. The number of carbonyl (C=O) groups excluding carboxylic acids is 1. The van der Waals surface area contributed by atoms with Gasteiger partial charge in [-0.05, 0) is 23.6 Å². The van der Waals surface area contributed by atoms with Crippen LogP contribution in [-0.2, 0) is 0 Å². The maximum absolute atomic E-state index is 10.9. The zero-order valence-corrected chi connectivity index (χ0v) is 14.6. The second-order valence-electron chi connectivity index (χ2n) is 4.55. The van der Waals surface area contributed by atoms with Gasteiger partial charge in [-0.2, -0.15) is 8.75 Å². The Morgan fingerprint density at radius 2 is 1.79 bits per heavy atom. The topological polar surface area (TPSA) is 63.1 Å². The number of thiophene rings is 2. The fourth-order valence-electron chi connectivity index (χ4n) is 2.26. The summed E-state index contributed by atoms with van der Waals surface area (Å²) < 4.78 is 20.8. The third-order valence-electron chi connectivity index (χ3n) is 3.21. The molecule has 4 nitrogen and oxygen atoms in total. The lowest BCUT2D eigenvalue weighted by atomic mass is 10.1. The van der Waals surface area contributed by atoms with Crippen LogP contribution in [0.25, 0.3) is 31.9 Å². The van der Waals surface area contributed by atoms with E-state index in [1.54, 1.807) is 11.3 Å². The minimum Gasteiger partial charge on any atom is -0.406 e. The van der Waals surface area contributed by atoms with Gasteiger partial charge in [0.05, 0.1) is 16.6 Å². The first-order chi connectivity index (χ1) is 12.4. The van der Waals surface area contributed by atoms with Crippen molar-refractivity contribution in [1.82, 2.24) is 8.75 Å². The monoisotopic (exact) mass is 374 g/mol. The van der Waals surface area contributed by atoms with Crippen LogP contribution in [0.4, 0.5) is 0 Å². The summed E-state index contributed by atoms with van der Waals surface area (Å²) in [6.07, 6.45) is 0.880. The van der Waals surface area contributed by atoms with Gasteiger partial charge in [-0.1, -0.05) is 18.2 Å². The number of carbonyl (C=O) groups is 1. The van der Waals surface area contributed by atoms with Crippen LogP contribution in [-0.4, -0.2) is 34.4 Å². The fraction of sp³-hybridized carbons (Fsp3) is 0.0625. The number of rotatable bonds is 3. The highest BCUT2D eigenvalue weighted by atomic mass is 32.1.